The summed E-state index contributed by atoms with van der Waals surface area (Å²) in [7, 11) is 0. The number of aliphatic hydroxyl groups excluding tert-OH is 1. The summed E-state index contributed by atoms with van der Waals surface area (Å²) in [5.74, 6) is -0.608. The van der Waals surface area contributed by atoms with Crippen LogP contribution in [0.2, 0.25) is 10.0 Å². The Morgan fingerprint density at radius 3 is 2.29 bits per heavy atom. The first-order valence-electron chi connectivity index (χ1n) is 6.77. The van der Waals surface area contributed by atoms with Gasteiger partial charge in [0.25, 0.3) is 5.91 Å². The smallest absolute Gasteiger partial charge is 0.387 e. The maximum Gasteiger partial charge on any atom is 0.416 e. The predicted molar refractivity (Wildman–Crippen MR) is 85.2 cm³/mol. The van der Waals surface area contributed by atoms with E-state index in [1.807, 2.05) is 0 Å². The number of hydrogen-bond acceptors (Lipinski definition) is 2. The van der Waals surface area contributed by atoms with Crippen LogP contribution < -0.4 is 5.32 Å². The van der Waals surface area contributed by atoms with Crippen molar-refractivity contribution in [3.8, 4) is 0 Å². The summed E-state index contributed by atoms with van der Waals surface area (Å²) in [6.45, 7) is -0.393. The molecule has 24 heavy (non-hydrogen) atoms. The van der Waals surface area contributed by atoms with Crippen molar-refractivity contribution in [1.82, 2.24) is 5.32 Å². The van der Waals surface area contributed by atoms with Crippen molar-refractivity contribution in [2.24, 2.45) is 0 Å². The molecule has 0 aliphatic heterocycles. The van der Waals surface area contributed by atoms with Crippen LogP contribution in [0.5, 0.6) is 0 Å². The first-order chi connectivity index (χ1) is 11.2. The van der Waals surface area contributed by atoms with Crippen LogP contribution in [0, 0.1) is 0 Å². The molecule has 0 spiro atoms. The third-order valence-electron chi connectivity index (χ3n) is 3.21. The zero-order valence-electron chi connectivity index (χ0n) is 12.1. The summed E-state index contributed by atoms with van der Waals surface area (Å²) in [4.78, 5) is 12.0. The molecule has 128 valence electrons. The second-order valence-electron chi connectivity index (χ2n) is 4.97. The highest BCUT2D eigenvalue weighted by Crippen LogP contribution is 2.34. The second kappa shape index (κ2) is 7.42. The van der Waals surface area contributed by atoms with Gasteiger partial charge < -0.3 is 10.4 Å². The minimum Gasteiger partial charge on any atom is -0.387 e. The first kappa shape index (κ1) is 18.6. The summed E-state index contributed by atoms with van der Waals surface area (Å²) in [5.41, 5.74) is -1.12. The molecule has 2 aromatic rings. The van der Waals surface area contributed by atoms with Crippen molar-refractivity contribution in [2.75, 3.05) is 6.54 Å². The van der Waals surface area contributed by atoms with E-state index in [1.54, 1.807) is 0 Å². The van der Waals surface area contributed by atoms with Crippen LogP contribution in [0.3, 0.4) is 0 Å². The third kappa shape index (κ3) is 4.63. The molecule has 0 radical (unpaired) electrons. The Balaban J connectivity index is 2.11. The van der Waals surface area contributed by atoms with Gasteiger partial charge in [-0.05, 0) is 29.8 Å². The summed E-state index contributed by atoms with van der Waals surface area (Å²) in [5, 5.41) is 12.9. The molecule has 2 rings (SSSR count). The van der Waals surface area contributed by atoms with Gasteiger partial charge in [0.1, 0.15) is 0 Å². The molecule has 0 bridgehead atoms. The van der Waals surface area contributed by atoms with E-state index in [0.717, 1.165) is 12.1 Å². The fourth-order valence-electron chi connectivity index (χ4n) is 2.13. The Labute approximate surface area is 146 Å². The van der Waals surface area contributed by atoms with Gasteiger partial charge in [-0.3, -0.25) is 4.79 Å². The van der Waals surface area contributed by atoms with E-state index in [1.165, 1.54) is 30.3 Å². The first-order valence-corrected chi connectivity index (χ1v) is 7.52. The molecule has 2 N–H and O–H groups in total. The van der Waals surface area contributed by atoms with E-state index in [2.05, 4.69) is 5.32 Å². The van der Waals surface area contributed by atoms with E-state index < -0.39 is 30.3 Å². The molecule has 0 aliphatic rings. The van der Waals surface area contributed by atoms with E-state index in [-0.39, 0.29) is 21.2 Å². The van der Waals surface area contributed by atoms with Gasteiger partial charge in [0.15, 0.2) is 0 Å². The normalized spacial score (nSPS) is 12.8. The zero-order chi connectivity index (χ0) is 17.9. The Morgan fingerprint density at radius 1 is 1.12 bits per heavy atom. The molecular formula is C16H12Cl2F3NO2. The van der Waals surface area contributed by atoms with Gasteiger partial charge in [-0.1, -0.05) is 41.4 Å². The van der Waals surface area contributed by atoms with Crippen molar-refractivity contribution < 1.29 is 23.1 Å². The zero-order valence-corrected chi connectivity index (χ0v) is 13.6. The van der Waals surface area contributed by atoms with Crippen molar-refractivity contribution in [2.45, 2.75) is 12.3 Å². The maximum atomic E-state index is 12.9. The van der Waals surface area contributed by atoms with Crippen molar-refractivity contribution in [1.29, 1.82) is 0 Å². The number of benzene rings is 2. The van der Waals surface area contributed by atoms with Crippen LogP contribution in [-0.2, 0) is 6.18 Å². The summed E-state index contributed by atoms with van der Waals surface area (Å²) in [6, 6.07) is 8.80. The van der Waals surface area contributed by atoms with Crippen LogP contribution in [0.4, 0.5) is 13.2 Å². The number of halogens is 5. The van der Waals surface area contributed by atoms with Crippen LogP contribution in [0.15, 0.2) is 42.5 Å². The Morgan fingerprint density at radius 2 is 1.71 bits per heavy atom. The Kier molecular flexibility index (Phi) is 5.74. The summed E-state index contributed by atoms with van der Waals surface area (Å²) in [6.07, 6.45) is -6.11. The second-order valence-corrected chi connectivity index (χ2v) is 5.84. The van der Waals surface area contributed by atoms with Gasteiger partial charge in [0.2, 0.25) is 0 Å². The molecule has 1 amide bonds. The monoisotopic (exact) mass is 377 g/mol. The molecule has 0 aliphatic carbocycles. The van der Waals surface area contributed by atoms with Crippen LogP contribution in [-0.4, -0.2) is 17.6 Å². The fraction of sp³-hybridized carbons (Fsp3) is 0.188. The lowest BCUT2D eigenvalue weighted by Crippen LogP contribution is -2.29. The van der Waals surface area contributed by atoms with Crippen LogP contribution in [0.1, 0.15) is 27.6 Å². The predicted octanol–water partition coefficient (Wildman–Crippen LogP) is 4.48. The largest absolute Gasteiger partial charge is 0.416 e. The molecule has 0 aromatic heterocycles. The molecule has 3 nitrogen and oxygen atoms in total. The number of alkyl halides is 3. The van der Waals surface area contributed by atoms with E-state index >= 15 is 0 Å². The quantitative estimate of drug-likeness (QED) is 0.825. The van der Waals surface area contributed by atoms with Gasteiger partial charge >= 0.3 is 6.18 Å². The van der Waals surface area contributed by atoms with Crippen LogP contribution >= 0.6 is 23.2 Å². The molecule has 2 aromatic carbocycles. The number of aliphatic hydroxyl groups is 1. The van der Waals surface area contributed by atoms with E-state index in [4.69, 9.17) is 23.2 Å². The lowest BCUT2D eigenvalue weighted by atomic mass is 10.0. The lowest BCUT2D eigenvalue weighted by molar-refractivity contribution is -0.139. The average molecular weight is 378 g/mol. The highest BCUT2D eigenvalue weighted by Gasteiger charge is 2.34. The number of rotatable bonds is 4. The SMILES string of the molecule is O=C(NC[C@H](O)c1ccccc1C(F)(F)F)c1cc(Cl)cc(Cl)c1. The van der Waals surface area contributed by atoms with Gasteiger partial charge in [-0.25, -0.2) is 0 Å². The maximum absolute atomic E-state index is 12.9. The van der Waals surface area contributed by atoms with E-state index in [9.17, 15) is 23.1 Å². The molecule has 1 atom stereocenters. The molecule has 0 heterocycles. The standard InChI is InChI=1S/C16H12Cl2F3NO2/c17-10-5-9(6-11(18)7-10)15(24)22-8-14(23)12-3-1-2-4-13(12)16(19,20)21/h1-7,14,23H,8H2,(H,22,24)/t14-/m0/s1. The molecule has 0 fully saturated rings. The van der Waals surface area contributed by atoms with Crippen molar-refractivity contribution in [3.05, 3.63) is 69.2 Å². The van der Waals surface area contributed by atoms with Crippen molar-refractivity contribution in [3.63, 3.8) is 0 Å². The molecule has 8 heteroatoms. The molecule has 0 saturated carbocycles. The Hall–Kier alpha value is -1.76. The fourth-order valence-corrected chi connectivity index (χ4v) is 2.66. The number of hydrogen-bond donors (Lipinski definition) is 2. The highest BCUT2D eigenvalue weighted by atomic mass is 35.5. The topological polar surface area (TPSA) is 49.3 Å². The third-order valence-corrected chi connectivity index (χ3v) is 3.64. The highest BCUT2D eigenvalue weighted by molar-refractivity contribution is 6.35. The van der Waals surface area contributed by atoms with E-state index in [0.29, 0.717) is 0 Å². The molecule has 0 saturated heterocycles. The number of carbonyl (C=O) groups is 1. The van der Waals surface area contributed by atoms with Crippen molar-refractivity contribution >= 4 is 29.1 Å². The Bertz CT molecular complexity index is 730. The number of nitrogens with one attached hydrogen (secondary N) is 1. The molecule has 0 unspecified atom stereocenters. The minimum atomic E-state index is -4.60. The van der Waals surface area contributed by atoms with Gasteiger partial charge in [-0.15, -0.1) is 0 Å². The lowest BCUT2D eigenvalue weighted by Gasteiger charge is -2.18. The van der Waals surface area contributed by atoms with Gasteiger partial charge in [-0.2, -0.15) is 13.2 Å². The molecular weight excluding hydrogens is 366 g/mol. The van der Waals surface area contributed by atoms with Gasteiger partial charge in [0, 0.05) is 22.2 Å². The van der Waals surface area contributed by atoms with Gasteiger partial charge in [0.05, 0.1) is 11.7 Å². The number of amides is 1. The number of carbonyl (C=O) groups excluding carboxylic acids is 1. The average Bonchev–Trinajstić information content (AvgIpc) is 2.50. The summed E-state index contributed by atoms with van der Waals surface area (Å²) < 4.78 is 38.8. The minimum absolute atomic E-state index is 0.142. The van der Waals surface area contributed by atoms with Crippen LogP contribution in [0.25, 0.3) is 0 Å². The summed E-state index contributed by atoms with van der Waals surface area (Å²) >= 11 is 11.6.